The van der Waals surface area contributed by atoms with Gasteiger partial charge in [0.25, 0.3) is 5.91 Å². The summed E-state index contributed by atoms with van der Waals surface area (Å²) in [4.78, 5) is 20.7. The van der Waals surface area contributed by atoms with Crippen molar-refractivity contribution >= 4 is 21.8 Å². The Bertz CT molecular complexity index is 454. The van der Waals surface area contributed by atoms with Crippen molar-refractivity contribution < 1.29 is 4.79 Å². The fourth-order valence-corrected chi connectivity index (χ4v) is 2.60. The van der Waals surface area contributed by atoms with Crippen LogP contribution in [-0.4, -0.2) is 67.0 Å². The van der Waals surface area contributed by atoms with E-state index < -0.39 is 0 Å². The monoisotopic (exact) mass is 326 g/mol. The van der Waals surface area contributed by atoms with Crippen LogP contribution in [0.25, 0.3) is 0 Å². The number of carbonyl (C=O) groups is 1. The van der Waals surface area contributed by atoms with Crippen molar-refractivity contribution in [1.29, 1.82) is 0 Å². The van der Waals surface area contributed by atoms with Crippen LogP contribution < -0.4 is 5.32 Å². The molecule has 0 spiro atoms. The number of piperazine rings is 1. The quantitative estimate of drug-likeness (QED) is 0.893. The van der Waals surface area contributed by atoms with E-state index in [0.29, 0.717) is 18.3 Å². The third-order valence-electron chi connectivity index (χ3n) is 3.45. The van der Waals surface area contributed by atoms with Crippen LogP contribution in [0.5, 0.6) is 0 Å². The van der Waals surface area contributed by atoms with E-state index in [1.807, 2.05) is 6.07 Å². The minimum atomic E-state index is -0.130. The molecule has 19 heavy (non-hydrogen) atoms. The molecule has 1 amide bonds. The number of nitrogens with zero attached hydrogens (tertiary/aromatic N) is 3. The van der Waals surface area contributed by atoms with Gasteiger partial charge < -0.3 is 10.2 Å². The summed E-state index contributed by atoms with van der Waals surface area (Å²) in [6, 6.07) is 3.97. The summed E-state index contributed by atoms with van der Waals surface area (Å²) in [6.45, 7) is 3.72. The average Bonchev–Trinajstić information content (AvgIpc) is 2.40. The molecule has 1 fully saturated rings. The molecule has 5 nitrogen and oxygen atoms in total. The third-order valence-corrected chi connectivity index (χ3v) is 4.09. The van der Waals surface area contributed by atoms with E-state index in [4.69, 9.17) is 0 Å². The number of hydrogen-bond donors (Lipinski definition) is 1. The molecule has 2 heterocycles. The van der Waals surface area contributed by atoms with Gasteiger partial charge in [0.05, 0.1) is 0 Å². The first kappa shape index (κ1) is 14.4. The van der Waals surface area contributed by atoms with Gasteiger partial charge in [-0.2, -0.15) is 0 Å². The fourth-order valence-electron chi connectivity index (χ4n) is 2.17. The van der Waals surface area contributed by atoms with Gasteiger partial charge in [0.1, 0.15) is 5.69 Å². The fraction of sp³-hybridized carbons (Fsp3) is 0.538. The molecule has 0 aromatic carbocycles. The van der Waals surface area contributed by atoms with Crippen LogP contribution in [0.3, 0.4) is 0 Å². The highest BCUT2D eigenvalue weighted by atomic mass is 79.9. The predicted molar refractivity (Wildman–Crippen MR) is 78.2 cm³/mol. The average molecular weight is 327 g/mol. The first-order valence-electron chi connectivity index (χ1n) is 6.35. The smallest absolute Gasteiger partial charge is 0.271 e. The summed E-state index contributed by atoms with van der Waals surface area (Å²) < 4.78 is 0.724. The lowest BCUT2D eigenvalue weighted by molar-refractivity contribution is 0.0876. The molecule has 104 valence electrons. The molecular formula is C13H19BrN4O. The minimum absolute atomic E-state index is 0.130. The number of likely N-dealkylation sites (N-methyl/N-ethyl adjacent to an activating group) is 2. The third kappa shape index (κ3) is 3.75. The van der Waals surface area contributed by atoms with E-state index in [1.165, 1.54) is 0 Å². The van der Waals surface area contributed by atoms with Gasteiger partial charge in [-0.15, -0.1) is 0 Å². The lowest BCUT2D eigenvalue weighted by atomic mass is 10.2. The van der Waals surface area contributed by atoms with E-state index in [2.05, 4.69) is 50.1 Å². The van der Waals surface area contributed by atoms with E-state index in [9.17, 15) is 4.79 Å². The van der Waals surface area contributed by atoms with E-state index in [0.717, 1.165) is 24.1 Å². The Morgan fingerprint density at radius 2 is 2.32 bits per heavy atom. The second-order valence-corrected chi connectivity index (χ2v) is 5.79. The summed E-state index contributed by atoms with van der Waals surface area (Å²) in [5.74, 6) is -0.130. The van der Waals surface area contributed by atoms with Gasteiger partial charge in [0.2, 0.25) is 0 Å². The molecule has 0 bridgehead atoms. The van der Waals surface area contributed by atoms with E-state index >= 15 is 0 Å². The van der Waals surface area contributed by atoms with Crippen LogP contribution in [-0.2, 0) is 0 Å². The van der Waals surface area contributed by atoms with Gasteiger partial charge in [-0.05, 0) is 42.2 Å². The molecule has 1 aromatic heterocycles. The van der Waals surface area contributed by atoms with Crippen molar-refractivity contribution in [3.63, 3.8) is 0 Å². The molecule has 1 aromatic rings. The van der Waals surface area contributed by atoms with Gasteiger partial charge in [-0.1, -0.05) is 0 Å². The van der Waals surface area contributed by atoms with Gasteiger partial charge in [-0.25, -0.2) is 4.98 Å². The first-order chi connectivity index (χ1) is 9.08. The largest absolute Gasteiger partial charge is 0.349 e. The van der Waals surface area contributed by atoms with Crippen molar-refractivity contribution in [3.8, 4) is 0 Å². The Labute approximate surface area is 122 Å². The van der Waals surface area contributed by atoms with Gasteiger partial charge >= 0.3 is 0 Å². The van der Waals surface area contributed by atoms with Gasteiger partial charge in [0, 0.05) is 42.9 Å². The normalized spacial score (nSPS) is 21.3. The Balaban J connectivity index is 1.91. The number of pyridine rings is 1. The molecule has 1 aliphatic heterocycles. The van der Waals surface area contributed by atoms with Crippen LogP contribution in [0.1, 0.15) is 10.5 Å². The van der Waals surface area contributed by atoms with Crippen LogP contribution in [0.2, 0.25) is 0 Å². The maximum Gasteiger partial charge on any atom is 0.271 e. The molecule has 0 saturated carbocycles. The molecule has 1 N–H and O–H groups in total. The highest BCUT2D eigenvalue weighted by molar-refractivity contribution is 9.10. The maximum absolute atomic E-state index is 12.1. The van der Waals surface area contributed by atoms with Crippen molar-refractivity contribution in [2.24, 2.45) is 0 Å². The second kappa shape index (κ2) is 6.45. The molecule has 6 heteroatoms. The lowest BCUT2D eigenvalue weighted by Gasteiger charge is -2.37. The van der Waals surface area contributed by atoms with Crippen molar-refractivity contribution in [2.45, 2.75) is 6.04 Å². The summed E-state index contributed by atoms with van der Waals surface area (Å²) in [5.41, 5.74) is 0.439. The number of rotatable bonds is 3. The van der Waals surface area contributed by atoms with Crippen LogP contribution in [0, 0.1) is 0 Å². The van der Waals surface area contributed by atoms with Crippen molar-refractivity contribution in [1.82, 2.24) is 20.1 Å². The number of halogens is 1. The van der Waals surface area contributed by atoms with Crippen molar-refractivity contribution in [2.75, 3.05) is 40.3 Å². The molecule has 2 rings (SSSR count). The molecule has 1 aliphatic rings. The Kier molecular flexibility index (Phi) is 4.90. The SMILES string of the molecule is CN1CCN(C)C(CNC(=O)c2ncccc2Br)C1. The predicted octanol–water partition coefficient (Wildman–Crippen LogP) is 0.820. The number of nitrogens with one attached hydrogen (secondary N) is 1. The highest BCUT2D eigenvalue weighted by Crippen LogP contribution is 2.13. The van der Waals surface area contributed by atoms with E-state index in [-0.39, 0.29) is 5.91 Å². The molecule has 1 unspecified atom stereocenters. The number of carbonyl (C=O) groups excluding carboxylic acids is 1. The maximum atomic E-state index is 12.1. The summed E-state index contributed by atoms with van der Waals surface area (Å²) in [6.07, 6.45) is 1.63. The summed E-state index contributed by atoms with van der Waals surface area (Å²) in [5, 5.41) is 2.96. The molecule has 1 atom stereocenters. The Morgan fingerprint density at radius 1 is 1.53 bits per heavy atom. The highest BCUT2D eigenvalue weighted by Gasteiger charge is 2.23. The topological polar surface area (TPSA) is 48.5 Å². The molecular weight excluding hydrogens is 308 g/mol. The molecule has 0 radical (unpaired) electrons. The minimum Gasteiger partial charge on any atom is -0.349 e. The summed E-state index contributed by atoms with van der Waals surface area (Å²) in [7, 11) is 4.21. The standard InChI is InChI=1S/C13H19BrN4O/c1-17-6-7-18(2)10(9-17)8-16-13(19)12-11(14)4-3-5-15-12/h3-5,10H,6-9H2,1-2H3,(H,16,19). The van der Waals surface area contributed by atoms with Gasteiger partial charge in [-0.3, -0.25) is 9.69 Å². The number of aromatic nitrogens is 1. The molecule has 0 aliphatic carbocycles. The second-order valence-electron chi connectivity index (χ2n) is 4.94. The summed E-state index contributed by atoms with van der Waals surface area (Å²) >= 11 is 3.34. The van der Waals surface area contributed by atoms with Crippen LogP contribution >= 0.6 is 15.9 Å². The molecule has 1 saturated heterocycles. The number of amides is 1. The van der Waals surface area contributed by atoms with E-state index in [1.54, 1.807) is 12.3 Å². The number of hydrogen-bond acceptors (Lipinski definition) is 4. The zero-order valence-electron chi connectivity index (χ0n) is 11.3. The van der Waals surface area contributed by atoms with Gasteiger partial charge in [0.15, 0.2) is 0 Å². The first-order valence-corrected chi connectivity index (χ1v) is 7.14. The Hall–Kier alpha value is -0.980. The van der Waals surface area contributed by atoms with Crippen LogP contribution in [0.15, 0.2) is 22.8 Å². The zero-order chi connectivity index (χ0) is 13.8. The Morgan fingerprint density at radius 3 is 3.05 bits per heavy atom. The van der Waals surface area contributed by atoms with Crippen LogP contribution in [0.4, 0.5) is 0 Å². The van der Waals surface area contributed by atoms with Crippen molar-refractivity contribution in [3.05, 3.63) is 28.5 Å². The zero-order valence-corrected chi connectivity index (χ0v) is 12.9. The lowest BCUT2D eigenvalue weighted by Crippen LogP contribution is -2.54.